The number of phenols is 1. The molecule has 1 saturated heterocycles. The molecule has 0 bridgehead atoms. The molecule has 0 aliphatic carbocycles. The predicted octanol–water partition coefficient (Wildman–Crippen LogP) is 0.537. The van der Waals surface area contributed by atoms with Gasteiger partial charge in [-0.2, -0.15) is 0 Å². The number of aromatic nitrogens is 2. The molecular weight excluding hydrogens is 843 g/mol. The van der Waals surface area contributed by atoms with Gasteiger partial charge in [-0.1, -0.05) is 83.0 Å². The fraction of sp³-hybridized carbons (Fsp3) is 0.489. The number of imidazole rings is 1. The molecule has 1 aromatic heterocycles. The van der Waals surface area contributed by atoms with Crippen LogP contribution in [0.4, 0.5) is 0 Å². The van der Waals surface area contributed by atoms with Crippen molar-refractivity contribution in [2.24, 2.45) is 17.6 Å². The van der Waals surface area contributed by atoms with Crippen LogP contribution in [0, 0.1) is 11.8 Å². The van der Waals surface area contributed by atoms with Gasteiger partial charge in [0.2, 0.25) is 35.4 Å². The van der Waals surface area contributed by atoms with E-state index in [1.165, 1.54) is 24.7 Å². The first-order valence-corrected chi connectivity index (χ1v) is 21.7. The summed E-state index contributed by atoms with van der Waals surface area (Å²) in [5.41, 5.74) is 7.81. The van der Waals surface area contributed by atoms with E-state index in [0.717, 1.165) is 4.90 Å². The minimum atomic E-state index is -1.59. The van der Waals surface area contributed by atoms with E-state index >= 15 is 0 Å². The highest BCUT2D eigenvalue weighted by Gasteiger charge is 2.41. The van der Waals surface area contributed by atoms with Crippen LogP contribution in [0.25, 0.3) is 0 Å². The molecule has 1 aliphatic heterocycles. The molecule has 352 valence electrons. The number of nitrogens with zero attached hydrogens (tertiary/aromatic N) is 2. The molecule has 3 aromatic rings. The van der Waals surface area contributed by atoms with E-state index in [-0.39, 0.29) is 38.0 Å². The summed E-state index contributed by atoms with van der Waals surface area (Å²) in [5.74, 6) is -8.13. The Bertz CT molecular complexity index is 2100. The van der Waals surface area contributed by atoms with Gasteiger partial charge in [-0.15, -0.1) is 0 Å². The van der Waals surface area contributed by atoms with E-state index in [1.807, 2.05) is 0 Å². The topological polar surface area (TPSA) is 315 Å². The third-order valence-corrected chi connectivity index (χ3v) is 11.7. The number of hydrogen-bond acceptors (Lipinski definition) is 11. The van der Waals surface area contributed by atoms with Crippen molar-refractivity contribution in [1.29, 1.82) is 0 Å². The van der Waals surface area contributed by atoms with Crippen molar-refractivity contribution in [3.05, 3.63) is 83.9 Å². The number of amides is 6. The zero-order valence-corrected chi connectivity index (χ0v) is 37.0. The lowest BCUT2D eigenvalue weighted by Gasteiger charge is -2.31. The zero-order valence-electron chi connectivity index (χ0n) is 37.0. The van der Waals surface area contributed by atoms with E-state index in [1.54, 1.807) is 70.2 Å². The van der Waals surface area contributed by atoms with Crippen LogP contribution in [0.15, 0.2) is 67.1 Å². The van der Waals surface area contributed by atoms with Gasteiger partial charge in [0, 0.05) is 31.3 Å². The molecule has 0 saturated carbocycles. The Kier molecular flexibility index (Phi) is 19.0. The molecule has 6 amide bonds. The predicted molar refractivity (Wildman–Crippen MR) is 235 cm³/mol. The maximum Gasteiger partial charge on any atom is 0.326 e. The second-order valence-corrected chi connectivity index (χ2v) is 16.5. The fourth-order valence-corrected chi connectivity index (χ4v) is 7.44. The number of hydrogen-bond donors (Lipinski definition) is 10. The smallest absolute Gasteiger partial charge is 0.326 e. The van der Waals surface area contributed by atoms with Crippen LogP contribution in [0.2, 0.25) is 0 Å². The lowest BCUT2D eigenvalue weighted by atomic mass is 9.95. The molecule has 9 atom stereocenters. The van der Waals surface area contributed by atoms with Crippen molar-refractivity contribution in [3.8, 4) is 5.75 Å². The van der Waals surface area contributed by atoms with Gasteiger partial charge in [0.25, 0.3) is 0 Å². The maximum absolute atomic E-state index is 14.4. The number of aliphatic carboxylic acids is 2. The number of nitrogens with one attached hydrogen (secondary N) is 6. The highest BCUT2D eigenvalue weighted by Crippen LogP contribution is 2.21. The fourth-order valence-electron chi connectivity index (χ4n) is 7.44. The Morgan fingerprint density at radius 3 is 1.92 bits per heavy atom. The second kappa shape index (κ2) is 24.3. The SMILES string of the molecule is CC[C@H](C)[C@H](NC(=O)[C@@H](NC(=O)[C@H](Cc1cnc[nH]1)NC(=O)[C@H](Cc1ccccc1)NC(=O)[C@@H]1CCCN1C(=O)[C@H](CC(=O)O)NC(=O)[C@@H](N)Cc1ccc(O)cc1)[C@@H](C)CC)C(=O)O. The number of nitrogens with two attached hydrogens (primary N) is 1. The molecule has 4 rings (SSSR count). The number of phenolic OH excluding ortho intramolecular Hbond substituents is 1. The number of benzene rings is 2. The second-order valence-electron chi connectivity index (χ2n) is 16.5. The Morgan fingerprint density at radius 2 is 1.32 bits per heavy atom. The quantitative estimate of drug-likeness (QED) is 0.0588. The summed E-state index contributed by atoms with van der Waals surface area (Å²) in [6, 6.07) is 5.66. The minimum absolute atomic E-state index is 0.0114. The van der Waals surface area contributed by atoms with Crippen LogP contribution in [0.1, 0.15) is 76.6 Å². The van der Waals surface area contributed by atoms with Crippen LogP contribution in [0.3, 0.4) is 0 Å². The summed E-state index contributed by atoms with van der Waals surface area (Å²) in [4.78, 5) is 116. The normalized spacial score (nSPS) is 17.2. The highest BCUT2D eigenvalue weighted by molar-refractivity contribution is 5.98. The van der Waals surface area contributed by atoms with Crippen LogP contribution in [0.5, 0.6) is 5.75 Å². The Hall–Kier alpha value is -6.83. The number of carbonyl (C=O) groups excluding carboxylic acids is 6. The molecule has 20 heteroatoms. The summed E-state index contributed by atoms with van der Waals surface area (Å²) in [6.45, 7) is 7.05. The average Bonchev–Trinajstić information content (AvgIpc) is 4.00. The minimum Gasteiger partial charge on any atom is -0.508 e. The Morgan fingerprint density at radius 1 is 0.738 bits per heavy atom. The molecular formula is C45H61N9O11. The third kappa shape index (κ3) is 14.9. The van der Waals surface area contributed by atoms with E-state index in [0.29, 0.717) is 36.1 Å². The van der Waals surface area contributed by atoms with E-state index in [4.69, 9.17) is 5.73 Å². The average molecular weight is 904 g/mol. The van der Waals surface area contributed by atoms with Gasteiger partial charge >= 0.3 is 11.9 Å². The first kappa shape index (κ1) is 50.8. The summed E-state index contributed by atoms with van der Waals surface area (Å²) in [6.07, 6.45) is 3.25. The van der Waals surface area contributed by atoms with Crippen molar-refractivity contribution >= 4 is 47.4 Å². The van der Waals surface area contributed by atoms with E-state index in [2.05, 4.69) is 36.6 Å². The number of carboxylic acid groups (broad SMARTS) is 2. The lowest BCUT2D eigenvalue weighted by Crippen LogP contribution is -2.61. The standard InChI is InChI=1S/C45H61N9O11/c1-5-25(3)37(43(62)53-38(45(64)65)26(4)6-2)52-41(60)33(21-29-23-47-24-48-29)49-40(59)32(20-27-11-8-7-9-12-27)50-42(61)35-13-10-18-54(35)44(63)34(22-36(56)57)51-39(58)31(46)19-28-14-16-30(55)17-15-28/h7-9,11-12,14-17,23-26,31-35,37-38,55H,5-6,10,13,18-22,46H2,1-4H3,(H,47,48)(H,49,59)(H,50,61)(H,51,58)(H,52,60)(H,53,62)(H,56,57)(H,64,65)/t25-,26-,31-,32-,33-,34-,35-,37-,38-/m0/s1. The van der Waals surface area contributed by atoms with Crippen molar-refractivity contribution in [1.82, 2.24) is 41.5 Å². The number of carbonyl (C=O) groups is 8. The molecule has 2 aromatic carbocycles. The monoisotopic (exact) mass is 903 g/mol. The lowest BCUT2D eigenvalue weighted by molar-refractivity contribution is -0.146. The molecule has 11 N–H and O–H groups in total. The van der Waals surface area contributed by atoms with Crippen molar-refractivity contribution < 1.29 is 53.7 Å². The van der Waals surface area contributed by atoms with Gasteiger partial charge in [0.05, 0.1) is 18.8 Å². The first-order chi connectivity index (χ1) is 30.9. The first-order valence-electron chi connectivity index (χ1n) is 21.7. The molecule has 1 aliphatic rings. The molecule has 0 radical (unpaired) electrons. The molecule has 0 unspecified atom stereocenters. The number of aromatic amines is 1. The van der Waals surface area contributed by atoms with Crippen LogP contribution >= 0.6 is 0 Å². The third-order valence-electron chi connectivity index (χ3n) is 11.7. The number of likely N-dealkylation sites (tertiary alicyclic amines) is 1. The molecule has 0 spiro atoms. The van der Waals surface area contributed by atoms with Gasteiger partial charge in [-0.05, 0) is 54.4 Å². The van der Waals surface area contributed by atoms with Gasteiger partial charge in [0.1, 0.15) is 42.0 Å². The van der Waals surface area contributed by atoms with Crippen molar-refractivity contribution in [2.45, 2.75) is 121 Å². The van der Waals surface area contributed by atoms with E-state index in [9.17, 15) is 53.7 Å². The summed E-state index contributed by atoms with van der Waals surface area (Å²) in [5, 5.41) is 42.3. The maximum atomic E-state index is 14.4. The highest BCUT2D eigenvalue weighted by atomic mass is 16.4. The molecule has 65 heavy (non-hydrogen) atoms. The Balaban J connectivity index is 1.56. The largest absolute Gasteiger partial charge is 0.508 e. The van der Waals surface area contributed by atoms with Gasteiger partial charge in [0.15, 0.2) is 0 Å². The number of aromatic hydroxyl groups is 1. The van der Waals surface area contributed by atoms with Crippen molar-refractivity contribution in [3.63, 3.8) is 0 Å². The number of H-pyrrole nitrogens is 1. The van der Waals surface area contributed by atoms with Crippen molar-refractivity contribution in [2.75, 3.05) is 6.54 Å². The molecule has 1 fully saturated rings. The number of carboxylic acids is 2. The summed E-state index contributed by atoms with van der Waals surface area (Å²) < 4.78 is 0. The van der Waals surface area contributed by atoms with Gasteiger partial charge in [-0.3, -0.25) is 33.6 Å². The van der Waals surface area contributed by atoms with Crippen LogP contribution in [-0.2, 0) is 57.6 Å². The summed E-state index contributed by atoms with van der Waals surface area (Å²) in [7, 11) is 0. The van der Waals surface area contributed by atoms with Crippen LogP contribution < -0.4 is 32.3 Å². The summed E-state index contributed by atoms with van der Waals surface area (Å²) >= 11 is 0. The number of rotatable bonds is 24. The van der Waals surface area contributed by atoms with Gasteiger partial charge in [-0.25, -0.2) is 9.78 Å². The van der Waals surface area contributed by atoms with Gasteiger partial charge < -0.3 is 57.5 Å². The van der Waals surface area contributed by atoms with Crippen LogP contribution in [-0.4, -0.2) is 126 Å². The molecule has 2 heterocycles. The molecule has 20 nitrogen and oxygen atoms in total. The Labute approximate surface area is 376 Å². The van der Waals surface area contributed by atoms with E-state index < -0.39 is 108 Å². The zero-order chi connectivity index (χ0) is 47.8.